The first-order valence-electron chi connectivity index (χ1n) is 5.38. The fraction of sp³-hybridized carbons (Fsp3) is 0. The summed E-state index contributed by atoms with van der Waals surface area (Å²) < 4.78 is 5.54. The zero-order chi connectivity index (χ0) is 14.7. The van der Waals surface area contributed by atoms with Crippen LogP contribution in [-0.4, -0.2) is 5.24 Å². The minimum Gasteiger partial charge on any atom is -0.456 e. The number of carbonyl (C=O) groups is 1. The van der Waals surface area contributed by atoms with E-state index in [4.69, 9.17) is 44.8 Å². The van der Waals surface area contributed by atoms with Crippen LogP contribution in [0, 0.1) is 11.3 Å². The van der Waals surface area contributed by atoms with E-state index >= 15 is 0 Å². The molecule has 100 valence electrons. The molecular formula is C14H6Cl3NO2. The molecule has 0 bridgehead atoms. The van der Waals surface area contributed by atoms with Gasteiger partial charge in [-0.05, 0) is 48.0 Å². The minimum absolute atomic E-state index is 0.0803. The molecule has 0 fully saturated rings. The normalized spacial score (nSPS) is 9.90. The van der Waals surface area contributed by atoms with Crippen LogP contribution in [0.3, 0.4) is 0 Å². The molecule has 2 aromatic rings. The molecule has 0 radical (unpaired) electrons. The highest BCUT2D eigenvalue weighted by Crippen LogP contribution is 2.32. The van der Waals surface area contributed by atoms with Gasteiger partial charge in [-0.3, -0.25) is 4.79 Å². The molecule has 0 heterocycles. The van der Waals surface area contributed by atoms with E-state index in [0.29, 0.717) is 21.5 Å². The Kier molecular flexibility index (Phi) is 4.51. The van der Waals surface area contributed by atoms with Crippen molar-refractivity contribution in [2.75, 3.05) is 0 Å². The molecule has 2 aromatic carbocycles. The summed E-state index contributed by atoms with van der Waals surface area (Å²) in [7, 11) is 0. The van der Waals surface area contributed by atoms with Crippen molar-refractivity contribution < 1.29 is 9.53 Å². The van der Waals surface area contributed by atoms with Gasteiger partial charge in [-0.15, -0.1) is 0 Å². The third-order valence-electron chi connectivity index (χ3n) is 2.44. The maximum Gasteiger partial charge on any atom is 0.253 e. The lowest BCUT2D eigenvalue weighted by molar-refractivity contribution is 0.108. The van der Waals surface area contributed by atoms with Crippen molar-refractivity contribution in [1.82, 2.24) is 0 Å². The van der Waals surface area contributed by atoms with E-state index in [1.165, 1.54) is 18.2 Å². The lowest BCUT2D eigenvalue weighted by Crippen LogP contribution is -1.95. The zero-order valence-electron chi connectivity index (χ0n) is 9.86. The molecule has 0 saturated carbocycles. The van der Waals surface area contributed by atoms with Gasteiger partial charge in [-0.2, -0.15) is 5.26 Å². The van der Waals surface area contributed by atoms with Crippen molar-refractivity contribution in [2.45, 2.75) is 0 Å². The molecule has 6 heteroatoms. The van der Waals surface area contributed by atoms with Crippen LogP contribution in [0.15, 0.2) is 36.4 Å². The number of nitriles is 1. The first-order valence-corrected chi connectivity index (χ1v) is 6.51. The quantitative estimate of drug-likeness (QED) is 0.743. The Balaban J connectivity index is 2.37. The number of hydrogen-bond donors (Lipinski definition) is 0. The molecule has 0 aliphatic rings. The standard InChI is InChI=1S/C14H6Cl3NO2/c15-9-2-4-13(12(16)5-9)20-10-3-1-8(7-18)11(6-10)14(17)19/h1-6H. The Morgan fingerprint density at radius 3 is 2.50 bits per heavy atom. The highest BCUT2D eigenvalue weighted by molar-refractivity contribution is 6.68. The number of nitrogens with zero attached hydrogens (tertiary/aromatic N) is 1. The van der Waals surface area contributed by atoms with Gasteiger partial charge in [0, 0.05) is 5.02 Å². The lowest BCUT2D eigenvalue weighted by Gasteiger charge is -2.09. The van der Waals surface area contributed by atoms with Gasteiger partial charge in [0.15, 0.2) is 0 Å². The van der Waals surface area contributed by atoms with E-state index in [1.807, 2.05) is 6.07 Å². The van der Waals surface area contributed by atoms with Crippen LogP contribution in [0.2, 0.25) is 10.0 Å². The number of hydrogen-bond acceptors (Lipinski definition) is 3. The van der Waals surface area contributed by atoms with Crippen LogP contribution in [0.4, 0.5) is 0 Å². The highest BCUT2D eigenvalue weighted by Gasteiger charge is 2.12. The first-order chi connectivity index (χ1) is 9.51. The Bertz CT molecular complexity index is 723. The van der Waals surface area contributed by atoms with Crippen molar-refractivity contribution in [3.05, 3.63) is 57.6 Å². The predicted octanol–water partition coefficient (Wildman–Crippen LogP) is 5.04. The molecule has 20 heavy (non-hydrogen) atoms. The van der Waals surface area contributed by atoms with Gasteiger partial charge in [-0.1, -0.05) is 23.2 Å². The number of carbonyl (C=O) groups excluding carboxylic acids is 1. The molecule has 0 unspecified atom stereocenters. The molecule has 2 rings (SSSR count). The van der Waals surface area contributed by atoms with Crippen molar-refractivity contribution in [3.8, 4) is 17.6 Å². The van der Waals surface area contributed by atoms with E-state index in [0.717, 1.165) is 0 Å². The molecule has 0 saturated heterocycles. The maximum atomic E-state index is 11.3. The third-order valence-corrected chi connectivity index (χ3v) is 3.18. The Labute approximate surface area is 130 Å². The molecule has 0 atom stereocenters. The largest absolute Gasteiger partial charge is 0.456 e. The molecule has 0 aromatic heterocycles. The van der Waals surface area contributed by atoms with Crippen molar-refractivity contribution in [2.24, 2.45) is 0 Å². The summed E-state index contributed by atoms with van der Waals surface area (Å²) >= 11 is 17.2. The molecule has 0 aliphatic carbocycles. The number of rotatable bonds is 3. The van der Waals surface area contributed by atoms with E-state index < -0.39 is 5.24 Å². The van der Waals surface area contributed by atoms with Crippen LogP contribution in [-0.2, 0) is 0 Å². The average Bonchev–Trinajstić information content (AvgIpc) is 2.41. The van der Waals surface area contributed by atoms with Crippen molar-refractivity contribution >= 4 is 40.0 Å². The van der Waals surface area contributed by atoms with Gasteiger partial charge >= 0.3 is 0 Å². The molecule has 0 aliphatic heterocycles. The van der Waals surface area contributed by atoms with Gasteiger partial charge in [0.25, 0.3) is 5.24 Å². The average molecular weight is 327 g/mol. The summed E-state index contributed by atoms with van der Waals surface area (Å²) in [6.45, 7) is 0. The Morgan fingerprint density at radius 2 is 1.90 bits per heavy atom. The van der Waals surface area contributed by atoms with Crippen LogP contribution in [0.5, 0.6) is 11.5 Å². The van der Waals surface area contributed by atoms with Crippen LogP contribution >= 0.6 is 34.8 Å². The summed E-state index contributed by atoms with van der Waals surface area (Å²) in [5.41, 5.74) is 0.260. The second kappa shape index (κ2) is 6.15. The smallest absolute Gasteiger partial charge is 0.253 e. The summed E-state index contributed by atoms with van der Waals surface area (Å²) in [5.74, 6) is 0.728. The summed E-state index contributed by atoms with van der Waals surface area (Å²) in [5, 5.41) is 8.98. The SMILES string of the molecule is N#Cc1ccc(Oc2ccc(Cl)cc2Cl)cc1C(=O)Cl. The van der Waals surface area contributed by atoms with Crippen molar-refractivity contribution in [3.63, 3.8) is 0 Å². The third kappa shape index (κ3) is 3.23. The van der Waals surface area contributed by atoms with E-state index in [1.54, 1.807) is 18.2 Å². The van der Waals surface area contributed by atoms with Gasteiger partial charge in [-0.25, -0.2) is 0 Å². The topological polar surface area (TPSA) is 50.1 Å². The fourth-order valence-electron chi connectivity index (χ4n) is 1.53. The zero-order valence-corrected chi connectivity index (χ0v) is 12.1. The molecule has 0 amide bonds. The van der Waals surface area contributed by atoms with Crippen LogP contribution < -0.4 is 4.74 Å². The molecule has 3 nitrogen and oxygen atoms in total. The summed E-state index contributed by atoms with van der Waals surface area (Å²) in [4.78, 5) is 11.3. The first kappa shape index (κ1) is 14.7. The fourth-order valence-corrected chi connectivity index (χ4v) is 2.14. The molecular weight excluding hydrogens is 321 g/mol. The van der Waals surface area contributed by atoms with Gasteiger partial charge in [0.2, 0.25) is 0 Å². The molecule has 0 spiro atoms. The summed E-state index contributed by atoms with van der Waals surface area (Å²) in [6.07, 6.45) is 0. The Morgan fingerprint density at radius 1 is 1.15 bits per heavy atom. The van der Waals surface area contributed by atoms with Crippen LogP contribution in [0.25, 0.3) is 0 Å². The highest BCUT2D eigenvalue weighted by atomic mass is 35.5. The van der Waals surface area contributed by atoms with Crippen molar-refractivity contribution in [1.29, 1.82) is 5.26 Å². The van der Waals surface area contributed by atoms with Gasteiger partial charge in [0.05, 0.1) is 22.2 Å². The minimum atomic E-state index is -0.728. The number of halogens is 3. The van der Waals surface area contributed by atoms with E-state index in [9.17, 15) is 4.79 Å². The second-order valence-electron chi connectivity index (χ2n) is 3.77. The lowest BCUT2D eigenvalue weighted by atomic mass is 10.1. The second-order valence-corrected chi connectivity index (χ2v) is 4.96. The van der Waals surface area contributed by atoms with Gasteiger partial charge < -0.3 is 4.74 Å². The monoisotopic (exact) mass is 325 g/mol. The van der Waals surface area contributed by atoms with Gasteiger partial charge in [0.1, 0.15) is 11.5 Å². The summed E-state index contributed by atoms with van der Waals surface area (Å²) in [6, 6.07) is 11.0. The van der Waals surface area contributed by atoms with Crippen LogP contribution in [0.1, 0.15) is 15.9 Å². The predicted molar refractivity (Wildman–Crippen MR) is 77.9 cm³/mol. The number of ether oxygens (including phenoxy) is 1. The number of benzene rings is 2. The Hall–Kier alpha value is -1.73. The maximum absolute atomic E-state index is 11.3. The molecule has 0 N–H and O–H groups in total. The van der Waals surface area contributed by atoms with E-state index in [-0.39, 0.29) is 11.1 Å². The van der Waals surface area contributed by atoms with E-state index in [2.05, 4.69) is 0 Å².